The SMILES string of the molecule is CCC(CC)OC(=O)c1ccccc1N. The topological polar surface area (TPSA) is 52.3 Å². The minimum Gasteiger partial charge on any atom is -0.459 e. The zero-order valence-corrected chi connectivity index (χ0v) is 9.19. The zero-order chi connectivity index (χ0) is 11.3. The second kappa shape index (κ2) is 5.39. The maximum atomic E-state index is 11.7. The molecular weight excluding hydrogens is 190 g/mol. The molecule has 1 rings (SSSR count). The van der Waals surface area contributed by atoms with Gasteiger partial charge in [0.1, 0.15) is 6.10 Å². The molecule has 3 heteroatoms. The van der Waals surface area contributed by atoms with E-state index in [0.717, 1.165) is 12.8 Å². The first kappa shape index (κ1) is 11.6. The molecule has 0 fully saturated rings. The first-order valence-corrected chi connectivity index (χ1v) is 5.24. The first-order chi connectivity index (χ1) is 7.19. The number of nitrogens with two attached hydrogens (primary N) is 1. The van der Waals surface area contributed by atoms with Crippen molar-refractivity contribution in [2.45, 2.75) is 32.8 Å². The smallest absolute Gasteiger partial charge is 0.340 e. The summed E-state index contributed by atoms with van der Waals surface area (Å²) in [5.74, 6) is -0.332. The highest BCUT2D eigenvalue weighted by Crippen LogP contribution is 2.14. The minimum absolute atomic E-state index is 0.0166. The van der Waals surface area contributed by atoms with Gasteiger partial charge in [0, 0.05) is 5.69 Å². The molecule has 0 aliphatic carbocycles. The van der Waals surface area contributed by atoms with Gasteiger partial charge in [-0.3, -0.25) is 0 Å². The van der Waals surface area contributed by atoms with Gasteiger partial charge in [-0.15, -0.1) is 0 Å². The van der Waals surface area contributed by atoms with Crippen LogP contribution in [0.5, 0.6) is 0 Å². The molecule has 0 aromatic heterocycles. The van der Waals surface area contributed by atoms with Gasteiger partial charge in [-0.05, 0) is 25.0 Å². The van der Waals surface area contributed by atoms with Crippen LogP contribution in [0.4, 0.5) is 5.69 Å². The number of carbonyl (C=O) groups is 1. The van der Waals surface area contributed by atoms with Gasteiger partial charge in [0.2, 0.25) is 0 Å². The molecular formula is C12H17NO2. The van der Waals surface area contributed by atoms with E-state index in [-0.39, 0.29) is 12.1 Å². The monoisotopic (exact) mass is 207 g/mol. The van der Waals surface area contributed by atoms with Crippen molar-refractivity contribution in [3.63, 3.8) is 0 Å². The number of hydrogen-bond acceptors (Lipinski definition) is 3. The fourth-order valence-electron chi connectivity index (χ4n) is 1.35. The Balaban J connectivity index is 2.73. The van der Waals surface area contributed by atoms with Crippen molar-refractivity contribution >= 4 is 11.7 Å². The van der Waals surface area contributed by atoms with Crippen LogP contribution in [-0.4, -0.2) is 12.1 Å². The van der Waals surface area contributed by atoms with E-state index >= 15 is 0 Å². The van der Waals surface area contributed by atoms with Crippen molar-refractivity contribution in [2.75, 3.05) is 5.73 Å². The number of benzene rings is 1. The van der Waals surface area contributed by atoms with Gasteiger partial charge in [0.25, 0.3) is 0 Å². The van der Waals surface area contributed by atoms with E-state index in [2.05, 4.69) is 0 Å². The lowest BCUT2D eigenvalue weighted by molar-refractivity contribution is 0.0285. The summed E-state index contributed by atoms with van der Waals surface area (Å²) in [6.07, 6.45) is 1.64. The van der Waals surface area contributed by atoms with E-state index < -0.39 is 0 Å². The number of rotatable bonds is 4. The lowest BCUT2D eigenvalue weighted by Gasteiger charge is -2.14. The van der Waals surface area contributed by atoms with Gasteiger partial charge >= 0.3 is 5.97 Å². The summed E-state index contributed by atoms with van der Waals surface area (Å²) in [6, 6.07) is 6.95. The third-order valence-corrected chi connectivity index (χ3v) is 2.37. The first-order valence-electron chi connectivity index (χ1n) is 5.24. The summed E-state index contributed by atoms with van der Waals surface area (Å²) >= 11 is 0. The molecule has 0 spiro atoms. The molecule has 0 atom stereocenters. The predicted molar refractivity (Wildman–Crippen MR) is 60.6 cm³/mol. The van der Waals surface area contributed by atoms with Crippen molar-refractivity contribution in [2.24, 2.45) is 0 Å². The standard InChI is InChI=1S/C12H17NO2/c1-3-9(4-2)15-12(14)10-7-5-6-8-11(10)13/h5-9H,3-4,13H2,1-2H3. The summed E-state index contributed by atoms with van der Waals surface area (Å²) in [7, 11) is 0. The van der Waals surface area contributed by atoms with Crippen molar-refractivity contribution in [1.82, 2.24) is 0 Å². The Morgan fingerprint density at radius 1 is 1.33 bits per heavy atom. The number of esters is 1. The van der Waals surface area contributed by atoms with E-state index in [1.807, 2.05) is 13.8 Å². The number of anilines is 1. The molecule has 15 heavy (non-hydrogen) atoms. The van der Waals surface area contributed by atoms with Crippen LogP contribution in [0.25, 0.3) is 0 Å². The molecule has 0 amide bonds. The highest BCUT2D eigenvalue weighted by molar-refractivity contribution is 5.95. The Morgan fingerprint density at radius 2 is 1.93 bits per heavy atom. The highest BCUT2D eigenvalue weighted by atomic mass is 16.5. The lowest BCUT2D eigenvalue weighted by Crippen LogP contribution is -2.17. The predicted octanol–water partition coefficient (Wildman–Crippen LogP) is 2.61. The van der Waals surface area contributed by atoms with Crippen molar-refractivity contribution in [1.29, 1.82) is 0 Å². The second-order valence-electron chi connectivity index (χ2n) is 3.43. The maximum Gasteiger partial charge on any atom is 0.340 e. The summed E-state index contributed by atoms with van der Waals surface area (Å²) < 4.78 is 5.30. The average Bonchev–Trinajstić information content (AvgIpc) is 2.26. The molecule has 0 aliphatic heterocycles. The Morgan fingerprint density at radius 3 is 2.47 bits per heavy atom. The lowest BCUT2D eigenvalue weighted by atomic mass is 10.1. The Bertz CT molecular complexity index is 332. The minimum atomic E-state index is -0.332. The fraction of sp³-hybridized carbons (Fsp3) is 0.417. The average molecular weight is 207 g/mol. The van der Waals surface area contributed by atoms with Crippen LogP contribution in [0.1, 0.15) is 37.0 Å². The maximum absolute atomic E-state index is 11.7. The summed E-state index contributed by atoms with van der Waals surface area (Å²) in [4.78, 5) is 11.7. The van der Waals surface area contributed by atoms with Gasteiger partial charge in [-0.25, -0.2) is 4.79 Å². The van der Waals surface area contributed by atoms with E-state index in [0.29, 0.717) is 11.3 Å². The van der Waals surface area contributed by atoms with E-state index in [4.69, 9.17) is 10.5 Å². The molecule has 0 aliphatic rings. The molecule has 0 unspecified atom stereocenters. The van der Waals surface area contributed by atoms with E-state index in [9.17, 15) is 4.79 Å². The van der Waals surface area contributed by atoms with E-state index in [1.54, 1.807) is 24.3 Å². The van der Waals surface area contributed by atoms with Crippen molar-refractivity contribution in [3.8, 4) is 0 Å². The van der Waals surface area contributed by atoms with Crippen LogP contribution in [0, 0.1) is 0 Å². The second-order valence-corrected chi connectivity index (χ2v) is 3.43. The normalized spacial score (nSPS) is 10.3. The molecule has 3 nitrogen and oxygen atoms in total. The number of ether oxygens (including phenoxy) is 1. The fourth-order valence-corrected chi connectivity index (χ4v) is 1.35. The van der Waals surface area contributed by atoms with Crippen LogP contribution in [0.2, 0.25) is 0 Å². The van der Waals surface area contributed by atoms with Crippen LogP contribution in [0.3, 0.4) is 0 Å². The Labute approximate surface area is 90.2 Å². The summed E-state index contributed by atoms with van der Waals surface area (Å²) in [5, 5.41) is 0. The molecule has 0 heterocycles. The largest absolute Gasteiger partial charge is 0.459 e. The van der Waals surface area contributed by atoms with Gasteiger partial charge < -0.3 is 10.5 Å². The van der Waals surface area contributed by atoms with Crippen LogP contribution in [-0.2, 0) is 4.74 Å². The Kier molecular flexibility index (Phi) is 4.16. The van der Waals surface area contributed by atoms with Gasteiger partial charge in [-0.1, -0.05) is 26.0 Å². The molecule has 0 radical (unpaired) electrons. The van der Waals surface area contributed by atoms with Crippen LogP contribution < -0.4 is 5.73 Å². The molecule has 0 bridgehead atoms. The van der Waals surface area contributed by atoms with E-state index in [1.165, 1.54) is 0 Å². The number of para-hydroxylation sites is 1. The highest BCUT2D eigenvalue weighted by Gasteiger charge is 2.14. The Hall–Kier alpha value is -1.51. The molecule has 0 saturated heterocycles. The third kappa shape index (κ3) is 2.98. The number of nitrogen functional groups attached to an aromatic ring is 1. The van der Waals surface area contributed by atoms with Crippen LogP contribution in [0.15, 0.2) is 24.3 Å². The van der Waals surface area contributed by atoms with Crippen molar-refractivity contribution in [3.05, 3.63) is 29.8 Å². The summed E-state index contributed by atoms with van der Waals surface area (Å²) in [6.45, 7) is 3.99. The summed E-state index contributed by atoms with van der Waals surface area (Å²) in [5.41, 5.74) is 6.59. The third-order valence-electron chi connectivity index (χ3n) is 2.37. The van der Waals surface area contributed by atoms with Gasteiger partial charge in [0.05, 0.1) is 5.56 Å². The molecule has 82 valence electrons. The van der Waals surface area contributed by atoms with Gasteiger partial charge in [-0.2, -0.15) is 0 Å². The molecule has 2 N–H and O–H groups in total. The van der Waals surface area contributed by atoms with Crippen LogP contribution >= 0.6 is 0 Å². The molecule has 1 aromatic carbocycles. The number of hydrogen-bond donors (Lipinski definition) is 1. The number of carbonyl (C=O) groups excluding carboxylic acids is 1. The zero-order valence-electron chi connectivity index (χ0n) is 9.19. The molecule has 0 saturated carbocycles. The quantitative estimate of drug-likeness (QED) is 0.610. The molecule has 1 aromatic rings. The van der Waals surface area contributed by atoms with Crippen molar-refractivity contribution < 1.29 is 9.53 Å². The van der Waals surface area contributed by atoms with Gasteiger partial charge in [0.15, 0.2) is 0 Å².